The summed E-state index contributed by atoms with van der Waals surface area (Å²) in [5.74, 6) is -0.654. The number of ether oxygens (including phenoxy) is 1. The van der Waals surface area contributed by atoms with Crippen LogP contribution in [0.2, 0.25) is 0 Å². The van der Waals surface area contributed by atoms with Gasteiger partial charge in [0.15, 0.2) is 0 Å². The average molecular weight is 368 g/mol. The highest BCUT2D eigenvalue weighted by Crippen LogP contribution is 2.24. The third kappa shape index (κ3) is 4.82. The molecule has 2 rings (SSSR count). The number of carboxylic acid groups (broad SMARTS) is 1. The average Bonchev–Trinajstić information content (AvgIpc) is 2.47. The van der Waals surface area contributed by atoms with Gasteiger partial charge in [-0.05, 0) is 24.3 Å². The maximum absolute atomic E-state index is 13.6. The van der Waals surface area contributed by atoms with Crippen molar-refractivity contribution in [2.45, 2.75) is 13.2 Å². The predicted molar refractivity (Wildman–Crippen MR) is 84.2 cm³/mol. The Morgan fingerprint density at radius 1 is 1.23 bits per heavy atom. The summed E-state index contributed by atoms with van der Waals surface area (Å²) in [5, 5.41) is 11.5. The highest BCUT2D eigenvalue weighted by molar-refractivity contribution is 9.10. The smallest absolute Gasteiger partial charge is 0.317 e. The van der Waals surface area contributed by atoms with E-state index in [9.17, 15) is 9.18 Å². The van der Waals surface area contributed by atoms with Gasteiger partial charge in [-0.25, -0.2) is 4.39 Å². The molecule has 0 radical (unpaired) electrons. The van der Waals surface area contributed by atoms with E-state index in [0.717, 1.165) is 10.0 Å². The molecular formula is C16H15BrFNO3. The number of rotatable bonds is 7. The van der Waals surface area contributed by atoms with Crippen molar-refractivity contribution < 1.29 is 19.0 Å². The molecule has 0 aliphatic heterocycles. The molecule has 0 fully saturated rings. The SMILES string of the molecule is O=C(O)CNCc1cc(Br)ccc1OCc1ccccc1F. The topological polar surface area (TPSA) is 58.6 Å². The van der Waals surface area contributed by atoms with Crippen LogP contribution >= 0.6 is 15.9 Å². The number of halogens is 2. The highest BCUT2D eigenvalue weighted by Gasteiger charge is 2.08. The lowest BCUT2D eigenvalue weighted by Gasteiger charge is -2.13. The molecule has 2 aromatic carbocycles. The van der Waals surface area contributed by atoms with Gasteiger partial charge in [-0.3, -0.25) is 4.79 Å². The first-order valence-electron chi connectivity index (χ1n) is 6.63. The van der Waals surface area contributed by atoms with Crippen molar-refractivity contribution in [1.29, 1.82) is 0 Å². The molecule has 0 aliphatic carbocycles. The summed E-state index contributed by atoms with van der Waals surface area (Å²) >= 11 is 3.37. The lowest BCUT2D eigenvalue weighted by atomic mass is 10.2. The van der Waals surface area contributed by atoms with Gasteiger partial charge in [-0.1, -0.05) is 34.1 Å². The van der Waals surface area contributed by atoms with Crippen molar-refractivity contribution >= 4 is 21.9 Å². The molecule has 0 amide bonds. The van der Waals surface area contributed by atoms with Crippen molar-refractivity contribution in [2.24, 2.45) is 0 Å². The lowest BCUT2D eigenvalue weighted by molar-refractivity contribution is -0.136. The van der Waals surface area contributed by atoms with Crippen LogP contribution < -0.4 is 10.1 Å². The summed E-state index contributed by atoms with van der Waals surface area (Å²) in [5.41, 5.74) is 1.27. The molecule has 6 heteroatoms. The number of hydrogen-bond acceptors (Lipinski definition) is 3. The summed E-state index contributed by atoms with van der Waals surface area (Å²) in [4.78, 5) is 10.5. The van der Waals surface area contributed by atoms with Crippen LogP contribution in [0, 0.1) is 5.82 Å². The lowest BCUT2D eigenvalue weighted by Crippen LogP contribution is -2.22. The zero-order valence-corrected chi connectivity index (χ0v) is 13.3. The molecular weight excluding hydrogens is 353 g/mol. The van der Waals surface area contributed by atoms with Crippen molar-refractivity contribution in [1.82, 2.24) is 5.32 Å². The second-order valence-electron chi connectivity index (χ2n) is 4.63. The number of benzene rings is 2. The highest BCUT2D eigenvalue weighted by atomic mass is 79.9. The van der Waals surface area contributed by atoms with E-state index in [0.29, 0.717) is 17.9 Å². The number of nitrogens with one attached hydrogen (secondary N) is 1. The Bertz CT molecular complexity index is 664. The second-order valence-corrected chi connectivity index (χ2v) is 5.55. The summed E-state index contributed by atoms with van der Waals surface area (Å²) in [6.07, 6.45) is 0. The van der Waals surface area contributed by atoms with Gasteiger partial charge < -0.3 is 15.2 Å². The van der Waals surface area contributed by atoms with Crippen LogP contribution in [0.4, 0.5) is 4.39 Å². The minimum Gasteiger partial charge on any atom is -0.488 e. The van der Waals surface area contributed by atoms with Gasteiger partial charge in [0, 0.05) is 22.1 Å². The number of carbonyl (C=O) groups is 1. The molecule has 4 nitrogen and oxygen atoms in total. The maximum Gasteiger partial charge on any atom is 0.317 e. The molecule has 0 saturated heterocycles. The Labute approximate surface area is 136 Å². The van der Waals surface area contributed by atoms with Crippen LogP contribution in [0.25, 0.3) is 0 Å². The standard InChI is InChI=1S/C16H15BrFNO3/c17-13-5-6-15(12(7-13)8-19-9-16(20)21)22-10-11-3-1-2-4-14(11)18/h1-7,19H,8-10H2,(H,20,21). The van der Waals surface area contributed by atoms with E-state index in [4.69, 9.17) is 9.84 Å². The van der Waals surface area contributed by atoms with Crippen LogP contribution in [0.15, 0.2) is 46.9 Å². The molecule has 116 valence electrons. The number of aliphatic carboxylic acids is 1. The minimum absolute atomic E-state index is 0.111. The molecule has 2 N–H and O–H groups in total. The van der Waals surface area contributed by atoms with E-state index < -0.39 is 5.97 Å². The Morgan fingerprint density at radius 2 is 2.00 bits per heavy atom. The van der Waals surface area contributed by atoms with Gasteiger partial charge in [0.25, 0.3) is 0 Å². The molecule has 0 unspecified atom stereocenters. The monoisotopic (exact) mass is 367 g/mol. The van der Waals surface area contributed by atoms with E-state index in [-0.39, 0.29) is 19.0 Å². The number of carboxylic acids is 1. The molecule has 0 bridgehead atoms. The van der Waals surface area contributed by atoms with Gasteiger partial charge in [0.2, 0.25) is 0 Å². The predicted octanol–water partition coefficient (Wildman–Crippen LogP) is 3.34. The zero-order valence-electron chi connectivity index (χ0n) is 11.7. The van der Waals surface area contributed by atoms with Gasteiger partial charge in [0.05, 0.1) is 6.54 Å². The van der Waals surface area contributed by atoms with Gasteiger partial charge >= 0.3 is 5.97 Å². The Hall–Kier alpha value is -1.92. The van der Waals surface area contributed by atoms with Crippen molar-refractivity contribution in [3.8, 4) is 5.75 Å². The third-order valence-electron chi connectivity index (χ3n) is 2.96. The quantitative estimate of drug-likeness (QED) is 0.787. The summed E-state index contributed by atoms with van der Waals surface area (Å²) in [7, 11) is 0. The van der Waals surface area contributed by atoms with Crippen molar-refractivity contribution in [3.05, 3.63) is 63.9 Å². The van der Waals surface area contributed by atoms with E-state index >= 15 is 0 Å². The molecule has 0 spiro atoms. The van der Waals surface area contributed by atoms with E-state index in [1.165, 1.54) is 6.07 Å². The number of hydrogen-bond donors (Lipinski definition) is 2. The van der Waals surface area contributed by atoms with E-state index in [2.05, 4.69) is 21.2 Å². The third-order valence-corrected chi connectivity index (χ3v) is 3.45. The van der Waals surface area contributed by atoms with E-state index in [1.807, 2.05) is 12.1 Å². The fraction of sp³-hybridized carbons (Fsp3) is 0.188. The molecule has 0 aliphatic rings. The molecule has 0 aromatic heterocycles. The maximum atomic E-state index is 13.6. The van der Waals surface area contributed by atoms with Crippen LogP contribution in [0.5, 0.6) is 5.75 Å². The van der Waals surface area contributed by atoms with Gasteiger partial charge in [0.1, 0.15) is 18.2 Å². The fourth-order valence-electron chi connectivity index (χ4n) is 1.90. The first-order chi connectivity index (χ1) is 10.6. The zero-order chi connectivity index (χ0) is 15.9. The molecule has 2 aromatic rings. The van der Waals surface area contributed by atoms with Crippen LogP contribution in [0.1, 0.15) is 11.1 Å². The van der Waals surface area contributed by atoms with Crippen LogP contribution in [-0.2, 0) is 17.9 Å². The second kappa shape index (κ2) is 7.91. The minimum atomic E-state index is -0.927. The van der Waals surface area contributed by atoms with Crippen molar-refractivity contribution in [3.63, 3.8) is 0 Å². The Balaban J connectivity index is 2.06. The fourth-order valence-corrected chi connectivity index (χ4v) is 2.31. The largest absolute Gasteiger partial charge is 0.488 e. The summed E-state index contributed by atoms with van der Waals surface area (Å²) < 4.78 is 20.1. The molecule has 0 heterocycles. The Morgan fingerprint density at radius 3 is 2.73 bits per heavy atom. The molecule has 22 heavy (non-hydrogen) atoms. The first kappa shape index (κ1) is 16.5. The first-order valence-corrected chi connectivity index (χ1v) is 7.42. The van der Waals surface area contributed by atoms with Gasteiger partial charge in [-0.15, -0.1) is 0 Å². The summed E-state index contributed by atoms with van der Waals surface area (Å²) in [6, 6.07) is 11.8. The Kier molecular flexibility index (Phi) is 5.91. The van der Waals surface area contributed by atoms with Gasteiger partial charge in [-0.2, -0.15) is 0 Å². The summed E-state index contributed by atoms with van der Waals surface area (Å²) in [6.45, 7) is 0.317. The molecule has 0 saturated carbocycles. The van der Waals surface area contributed by atoms with Crippen molar-refractivity contribution in [2.75, 3.05) is 6.54 Å². The van der Waals surface area contributed by atoms with Crippen LogP contribution in [-0.4, -0.2) is 17.6 Å². The van der Waals surface area contributed by atoms with Crippen LogP contribution in [0.3, 0.4) is 0 Å². The van der Waals surface area contributed by atoms with E-state index in [1.54, 1.807) is 24.3 Å². The normalized spacial score (nSPS) is 10.5. The molecule has 0 atom stereocenters.